The number of fused-ring (bicyclic) bond motifs is 1. The second-order valence-corrected chi connectivity index (χ2v) is 10.6. The fourth-order valence-corrected chi connectivity index (χ4v) is 4.76. The van der Waals surface area contributed by atoms with Gasteiger partial charge in [-0.15, -0.1) is 0 Å². The first kappa shape index (κ1) is 24.5. The zero-order chi connectivity index (χ0) is 25.3. The SMILES string of the molecule is Cc1cc(-n2cc(CNC[C@@H](c3ccc4c(c3C)COC4=O)N(C)S(C)(=O)=O)cn2)ncc1C#N. The molecule has 0 unspecified atom stereocenters. The fraction of sp³-hybridized carbons (Fsp3) is 0.333. The summed E-state index contributed by atoms with van der Waals surface area (Å²) in [6.07, 6.45) is 6.24. The second-order valence-electron chi connectivity index (χ2n) is 8.57. The van der Waals surface area contributed by atoms with Crippen molar-refractivity contribution in [1.82, 2.24) is 24.4 Å². The molecule has 2 aromatic heterocycles. The van der Waals surface area contributed by atoms with Crippen LogP contribution in [0.3, 0.4) is 0 Å². The molecule has 1 N–H and O–H groups in total. The first-order valence-electron chi connectivity index (χ1n) is 10.9. The summed E-state index contributed by atoms with van der Waals surface area (Å²) < 4.78 is 32.9. The van der Waals surface area contributed by atoms with Crippen LogP contribution >= 0.6 is 0 Å². The number of aromatic nitrogens is 3. The predicted molar refractivity (Wildman–Crippen MR) is 128 cm³/mol. The minimum absolute atomic E-state index is 0.193. The van der Waals surface area contributed by atoms with Crippen LogP contribution in [0.2, 0.25) is 0 Å². The molecular formula is C24H26N6O4S. The molecule has 35 heavy (non-hydrogen) atoms. The molecular weight excluding hydrogens is 468 g/mol. The summed E-state index contributed by atoms with van der Waals surface area (Å²) in [4.78, 5) is 16.2. The van der Waals surface area contributed by atoms with E-state index in [0.717, 1.165) is 27.8 Å². The maximum absolute atomic E-state index is 12.4. The van der Waals surface area contributed by atoms with Gasteiger partial charge in [-0.2, -0.15) is 14.7 Å². The first-order chi connectivity index (χ1) is 16.6. The number of carbonyl (C=O) groups is 1. The zero-order valence-electron chi connectivity index (χ0n) is 19.9. The van der Waals surface area contributed by atoms with Gasteiger partial charge in [-0.25, -0.2) is 22.9 Å². The van der Waals surface area contributed by atoms with Gasteiger partial charge in [-0.05, 0) is 42.7 Å². The van der Waals surface area contributed by atoms with Crippen molar-refractivity contribution in [1.29, 1.82) is 5.26 Å². The monoisotopic (exact) mass is 494 g/mol. The van der Waals surface area contributed by atoms with E-state index in [-0.39, 0.29) is 12.6 Å². The van der Waals surface area contributed by atoms with E-state index in [1.165, 1.54) is 16.8 Å². The molecule has 4 rings (SSSR count). The number of rotatable bonds is 8. The van der Waals surface area contributed by atoms with Crippen LogP contribution in [0.15, 0.2) is 36.8 Å². The maximum Gasteiger partial charge on any atom is 0.338 e. The summed E-state index contributed by atoms with van der Waals surface area (Å²) >= 11 is 0. The van der Waals surface area contributed by atoms with Gasteiger partial charge in [0.2, 0.25) is 10.0 Å². The van der Waals surface area contributed by atoms with Crippen molar-refractivity contribution < 1.29 is 17.9 Å². The Labute approximate surface area is 204 Å². The largest absolute Gasteiger partial charge is 0.457 e. The Morgan fingerprint density at radius 2 is 2.09 bits per heavy atom. The van der Waals surface area contributed by atoms with E-state index < -0.39 is 16.1 Å². The summed E-state index contributed by atoms with van der Waals surface area (Å²) in [6, 6.07) is 6.91. The number of nitrogens with one attached hydrogen (secondary N) is 1. The normalized spacial score (nSPS) is 14.0. The van der Waals surface area contributed by atoms with Crippen LogP contribution in [0, 0.1) is 25.2 Å². The van der Waals surface area contributed by atoms with Gasteiger partial charge in [0.05, 0.1) is 29.6 Å². The van der Waals surface area contributed by atoms with Crippen molar-refractivity contribution in [2.45, 2.75) is 33.0 Å². The minimum Gasteiger partial charge on any atom is -0.457 e. The van der Waals surface area contributed by atoms with E-state index >= 15 is 0 Å². The van der Waals surface area contributed by atoms with Gasteiger partial charge in [0.25, 0.3) is 0 Å². The fourth-order valence-electron chi connectivity index (χ4n) is 4.11. The van der Waals surface area contributed by atoms with Gasteiger partial charge in [0.15, 0.2) is 5.82 Å². The Hall–Kier alpha value is -3.59. The first-order valence-corrected chi connectivity index (χ1v) is 12.8. The summed E-state index contributed by atoms with van der Waals surface area (Å²) in [5.41, 5.74) is 5.21. The Balaban J connectivity index is 1.52. The predicted octanol–water partition coefficient (Wildman–Crippen LogP) is 2.15. The van der Waals surface area contributed by atoms with Crippen LogP contribution in [0.5, 0.6) is 0 Å². The molecule has 10 nitrogen and oxygen atoms in total. The topological polar surface area (TPSA) is 130 Å². The summed E-state index contributed by atoms with van der Waals surface area (Å²) in [5, 5.41) is 16.8. The van der Waals surface area contributed by atoms with Gasteiger partial charge in [-0.3, -0.25) is 0 Å². The number of sulfonamides is 1. The van der Waals surface area contributed by atoms with Gasteiger partial charge in [0.1, 0.15) is 12.7 Å². The molecule has 3 heterocycles. The highest BCUT2D eigenvalue weighted by molar-refractivity contribution is 7.88. The van der Waals surface area contributed by atoms with E-state index in [2.05, 4.69) is 21.5 Å². The minimum atomic E-state index is -3.48. The highest BCUT2D eigenvalue weighted by Gasteiger charge is 2.30. The zero-order valence-corrected chi connectivity index (χ0v) is 20.8. The van der Waals surface area contributed by atoms with Crippen LogP contribution in [-0.4, -0.2) is 53.3 Å². The van der Waals surface area contributed by atoms with Crippen LogP contribution < -0.4 is 5.32 Å². The standard InChI is InChI=1S/C24H26N6O4S/c1-15-7-23(27-11-18(15)8-25)30-13-17(10-28-30)9-26-12-22(29(3)35(4,32)33)19-5-6-20-21(16(19)2)14-34-24(20)31/h5-7,10-11,13,22,26H,9,12,14H2,1-4H3/t22-/m0/s1. The van der Waals surface area contributed by atoms with E-state index in [1.807, 2.05) is 20.0 Å². The molecule has 1 aromatic carbocycles. The molecule has 1 atom stereocenters. The molecule has 0 bridgehead atoms. The van der Waals surface area contributed by atoms with E-state index in [4.69, 9.17) is 10.00 Å². The van der Waals surface area contributed by atoms with Gasteiger partial charge in [-0.1, -0.05) is 6.07 Å². The number of likely N-dealkylation sites (N-methyl/N-ethyl adjacent to an activating group) is 1. The average molecular weight is 495 g/mol. The van der Waals surface area contributed by atoms with Gasteiger partial charge < -0.3 is 10.1 Å². The summed E-state index contributed by atoms with van der Waals surface area (Å²) in [5.74, 6) is 0.248. The molecule has 1 aliphatic heterocycles. The average Bonchev–Trinajstić information content (AvgIpc) is 3.44. The lowest BCUT2D eigenvalue weighted by Gasteiger charge is -2.28. The van der Waals surface area contributed by atoms with Crippen molar-refractivity contribution in [2.24, 2.45) is 0 Å². The molecule has 0 spiro atoms. The van der Waals surface area contributed by atoms with Crippen molar-refractivity contribution in [3.05, 3.63) is 75.7 Å². The number of ether oxygens (including phenoxy) is 1. The quantitative estimate of drug-likeness (QED) is 0.472. The highest BCUT2D eigenvalue weighted by atomic mass is 32.2. The Bertz CT molecular complexity index is 1440. The molecule has 0 radical (unpaired) electrons. The molecule has 3 aromatic rings. The van der Waals surface area contributed by atoms with E-state index in [0.29, 0.717) is 30.0 Å². The lowest BCUT2D eigenvalue weighted by atomic mass is 9.94. The number of benzene rings is 1. The lowest BCUT2D eigenvalue weighted by Crippen LogP contribution is -2.37. The van der Waals surface area contributed by atoms with E-state index in [9.17, 15) is 13.2 Å². The Kier molecular flexibility index (Phi) is 6.71. The van der Waals surface area contributed by atoms with Gasteiger partial charge >= 0.3 is 5.97 Å². The third-order valence-corrected chi connectivity index (χ3v) is 7.58. The second kappa shape index (κ2) is 9.58. The third-order valence-electron chi connectivity index (χ3n) is 6.28. The van der Waals surface area contributed by atoms with Crippen molar-refractivity contribution in [3.63, 3.8) is 0 Å². The Morgan fingerprint density at radius 1 is 1.31 bits per heavy atom. The molecule has 0 amide bonds. The van der Waals surface area contributed by atoms with Crippen LogP contribution in [0.4, 0.5) is 0 Å². The van der Waals surface area contributed by atoms with Gasteiger partial charge in [0, 0.05) is 43.7 Å². The van der Waals surface area contributed by atoms with Crippen molar-refractivity contribution in [3.8, 4) is 11.9 Å². The molecule has 0 saturated carbocycles. The smallest absolute Gasteiger partial charge is 0.338 e. The van der Waals surface area contributed by atoms with Crippen molar-refractivity contribution >= 4 is 16.0 Å². The lowest BCUT2D eigenvalue weighted by molar-refractivity contribution is 0.0535. The number of cyclic esters (lactones) is 1. The third kappa shape index (κ3) is 4.95. The number of hydrogen-bond donors (Lipinski definition) is 1. The Morgan fingerprint density at radius 3 is 2.77 bits per heavy atom. The highest BCUT2D eigenvalue weighted by Crippen LogP contribution is 2.31. The molecule has 0 fully saturated rings. The number of aryl methyl sites for hydroxylation is 1. The van der Waals surface area contributed by atoms with E-state index in [1.54, 1.807) is 36.1 Å². The molecule has 11 heteroatoms. The molecule has 0 saturated heterocycles. The number of nitrogens with zero attached hydrogens (tertiary/aromatic N) is 5. The number of esters is 1. The van der Waals surface area contributed by atoms with Crippen LogP contribution in [0.1, 0.15) is 49.8 Å². The number of pyridine rings is 1. The number of carbonyl (C=O) groups excluding carboxylic acids is 1. The summed E-state index contributed by atoms with van der Waals surface area (Å²) in [6.45, 7) is 4.72. The summed E-state index contributed by atoms with van der Waals surface area (Å²) in [7, 11) is -1.93. The van der Waals surface area contributed by atoms with Crippen LogP contribution in [0.25, 0.3) is 5.82 Å². The molecule has 182 valence electrons. The number of nitriles is 1. The molecule has 1 aliphatic rings. The molecule has 0 aliphatic carbocycles. The maximum atomic E-state index is 12.4. The number of hydrogen-bond acceptors (Lipinski definition) is 8. The van der Waals surface area contributed by atoms with Crippen LogP contribution in [-0.2, 0) is 27.9 Å². The van der Waals surface area contributed by atoms with Crippen molar-refractivity contribution in [2.75, 3.05) is 19.8 Å².